The predicted molar refractivity (Wildman–Crippen MR) is 228 cm³/mol. The van der Waals surface area contributed by atoms with E-state index in [0.717, 1.165) is 50.1 Å². The fraction of sp³-hybridized carbons (Fsp3) is 0. The van der Waals surface area contributed by atoms with Gasteiger partial charge < -0.3 is 9.32 Å². The van der Waals surface area contributed by atoms with Crippen molar-refractivity contribution in [1.82, 2.24) is 0 Å². The average molecular weight is 690 g/mol. The number of hydrogen-bond acceptors (Lipinski definition) is 2. The Kier molecular flexibility index (Phi) is 7.85. The van der Waals surface area contributed by atoms with Crippen LogP contribution in [0.1, 0.15) is 0 Å². The minimum absolute atomic E-state index is 0.897. The smallest absolute Gasteiger partial charge is 0.136 e. The molecule has 0 N–H and O–H groups in total. The molecule has 0 amide bonds. The number of anilines is 3. The largest absolute Gasteiger partial charge is 0.456 e. The Morgan fingerprint density at radius 2 is 0.815 bits per heavy atom. The molecule has 0 bridgehead atoms. The Hall–Kier alpha value is -7.16. The molecule has 0 radical (unpaired) electrons. The van der Waals surface area contributed by atoms with E-state index < -0.39 is 0 Å². The topological polar surface area (TPSA) is 16.4 Å². The second-order valence-corrected chi connectivity index (χ2v) is 13.8. The molecule has 1 aromatic heterocycles. The first kappa shape index (κ1) is 31.6. The Morgan fingerprint density at radius 1 is 0.296 bits per heavy atom. The maximum absolute atomic E-state index is 6.26. The first-order chi connectivity index (χ1) is 26.7. The lowest BCUT2D eigenvalue weighted by Gasteiger charge is -2.26. The zero-order valence-electron chi connectivity index (χ0n) is 29.6. The molecular formula is C52H35NO. The first-order valence-electron chi connectivity index (χ1n) is 18.4. The van der Waals surface area contributed by atoms with Gasteiger partial charge in [-0.25, -0.2) is 0 Å². The standard InChI is InChI=1S/C52H35NO/c1-2-10-36(11-3-1)39-26-30-45(31-27-39)53(47-15-8-14-44(35-47)48-17-9-19-51-52(48)49-16-6-7-18-50(49)54-51)46-32-28-40(29-33-46)38-20-22-41(23-21-38)43-25-24-37-12-4-5-13-42(37)34-43/h1-35H. The maximum Gasteiger partial charge on any atom is 0.136 e. The van der Waals surface area contributed by atoms with Crippen LogP contribution in [0.2, 0.25) is 0 Å². The molecule has 54 heavy (non-hydrogen) atoms. The van der Waals surface area contributed by atoms with Crippen LogP contribution in [0.25, 0.3) is 77.2 Å². The lowest BCUT2D eigenvalue weighted by atomic mass is 9.98. The highest BCUT2D eigenvalue weighted by Gasteiger charge is 2.17. The molecule has 0 spiro atoms. The minimum Gasteiger partial charge on any atom is -0.456 e. The number of hydrogen-bond donors (Lipinski definition) is 0. The third-order valence-electron chi connectivity index (χ3n) is 10.5. The summed E-state index contributed by atoms with van der Waals surface area (Å²) < 4.78 is 6.26. The lowest BCUT2D eigenvalue weighted by Crippen LogP contribution is -2.10. The Labute approximate surface area is 314 Å². The average Bonchev–Trinajstić information content (AvgIpc) is 3.64. The summed E-state index contributed by atoms with van der Waals surface area (Å²) in [6.45, 7) is 0. The van der Waals surface area contributed by atoms with Crippen molar-refractivity contribution in [3.63, 3.8) is 0 Å². The lowest BCUT2D eigenvalue weighted by molar-refractivity contribution is 0.669. The van der Waals surface area contributed by atoms with Gasteiger partial charge in [0.2, 0.25) is 0 Å². The SMILES string of the molecule is c1ccc(-c2ccc(N(c3ccc(-c4ccc(-c5ccc6ccccc6c5)cc4)cc3)c3cccc(-c4cccc5oc6ccccc6c45)c3)cc2)cc1. The molecule has 1 heterocycles. The summed E-state index contributed by atoms with van der Waals surface area (Å²) >= 11 is 0. The van der Waals surface area contributed by atoms with Crippen LogP contribution in [-0.2, 0) is 0 Å². The second kappa shape index (κ2) is 13.4. The van der Waals surface area contributed by atoms with Crippen LogP contribution in [0.5, 0.6) is 0 Å². The molecule has 10 aromatic rings. The summed E-state index contributed by atoms with van der Waals surface area (Å²) in [5, 5.41) is 4.78. The van der Waals surface area contributed by atoms with E-state index in [0.29, 0.717) is 0 Å². The van der Waals surface area contributed by atoms with E-state index in [4.69, 9.17) is 4.42 Å². The molecule has 10 rings (SSSR count). The normalized spacial score (nSPS) is 11.3. The third kappa shape index (κ3) is 5.81. The maximum atomic E-state index is 6.26. The Balaban J connectivity index is 1.02. The number of benzene rings is 9. The summed E-state index contributed by atoms with van der Waals surface area (Å²) in [5.74, 6) is 0. The molecule has 2 nitrogen and oxygen atoms in total. The van der Waals surface area contributed by atoms with Gasteiger partial charge in [-0.3, -0.25) is 0 Å². The van der Waals surface area contributed by atoms with Crippen LogP contribution in [0.15, 0.2) is 217 Å². The summed E-state index contributed by atoms with van der Waals surface area (Å²) in [5.41, 5.74) is 14.5. The molecule has 9 aromatic carbocycles. The highest BCUT2D eigenvalue weighted by Crippen LogP contribution is 2.41. The summed E-state index contributed by atoms with van der Waals surface area (Å²) in [7, 11) is 0. The second-order valence-electron chi connectivity index (χ2n) is 13.8. The number of furan rings is 1. The van der Waals surface area contributed by atoms with Crippen molar-refractivity contribution in [3.05, 3.63) is 212 Å². The molecule has 0 atom stereocenters. The van der Waals surface area contributed by atoms with Crippen molar-refractivity contribution in [1.29, 1.82) is 0 Å². The van der Waals surface area contributed by atoms with Crippen molar-refractivity contribution in [2.24, 2.45) is 0 Å². The highest BCUT2D eigenvalue weighted by molar-refractivity contribution is 6.12. The van der Waals surface area contributed by atoms with Crippen molar-refractivity contribution in [3.8, 4) is 44.5 Å². The van der Waals surface area contributed by atoms with E-state index in [1.54, 1.807) is 0 Å². The molecule has 0 fully saturated rings. The van der Waals surface area contributed by atoms with Crippen LogP contribution in [-0.4, -0.2) is 0 Å². The number of rotatable bonds is 7. The summed E-state index contributed by atoms with van der Waals surface area (Å²) in [6.07, 6.45) is 0. The number of fused-ring (bicyclic) bond motifs is 4. The van der Waals surface area contributed by atoms with Gasteiger partial charge in [0.05, 0.1) is 0 Å². The molecule has 0 aliphatic heterocycles. The zero-order valence-corrected chi connectivity index (χ0v) is 29.6. The van der Waals surface area contributed by atoms with E-state index in [2.05, 4.69) is 205 Å². The quantitative estimate of drug-likeness (QED) is 0.166. The molecule has 0 saturated heterocycles. The molecule has 0 saturated carbocycles. The van der Waals surface area contributed by atoms with Gasteiger partial charge in [0, 0.05) is 27.8 Å². The van der Waals surface area contributed by atoms with E-state index in [9.17, 15) is 0 Å². The van der Waals surface area contributed by atoms with Crippen LogP contribution >= 0.6 is 0 Å². The minimum atomic E-state index is 0.897. The van der Waals surface area contributed by atoms with E-state index in [1.165, 1.54) is 44.2 Å². The van der Waals surface area contributed by atoms with Gasteiger partial charge in [-0.1, -0.05) is 158 Å². The summed E-state index contributed by atoms with van der Waals surface area (Å²) in [6, 6.07) is 75.9. The van der Waals surface area contributed by atoms with E-state index in [-0.39, 0.29) is 0 Å². The number of nitrogens with zero attached hydrogens (tertiary/aromatic N) is 1. The number of para-hydroxylation sites is 1. The molecule has 2 heteroatoms. The van der Waals surface area contributed by atoms with Crippen LogP contribution in [0.4, 0.5) is 17.1 Å². The van der Waals surface area contributed by atoms with Crippen molar-refractivity contribution in [2.75, 3.05) is 4.90 Å². The van der Waals surface area contributed by atoms with Crippen LogP contribution in [0.3, 0.4) is 0 Å². The van der Waals surface area contributed by atoms with Crippen molar-refractivity contribution < 1.29 is 4.42 Å². The van der Waals surface area contributed by atoms with Gasteiger partial charge in [0.15, 0.2) is 0 Å². The first-order valence-corrected chi connectivity index (χ1v) is 18.4. The highest BCUT2D eigenvalue weighted by atomic mass is 16.3. The summed E-state index contributed by atoms with van der Waals surface area (Å²) in [4.78, 5) is 2.35. The Morgan fingerprint density at radius 3 is 1.54 bits per heavy atom. The molecule has 0 unspecified atom stereocenters. The Bertz CT molecular complexity index is 2900. The van der Waals surface area contributed by atoms with Crippen molar-refractivity contribution >= 4 is 49.8 Å². The molecular weight excluding hydrogens is 655 g/mol. The van der Waals surface area contributed by atoms with Crippen molar-refractivity contribution in [2.45, 2.75) is 0 Å². The zero-order chi connectivity index (χ0) is 35.8. The van der Waals surface area contributed by atoms with Gasteiger partial charge in [-0.2, -0.15) is 0 Å². The van der Waals surface area contributed by atoms with E-state index in [1.807, 2.05) is 12.1 Å². The fourth-order valence-corrected chi connectivity index (χ4v) is 7.74. The third-order valence-corrected chi connectivity index (χ3v) is 10.5. The monoisotopic (exact) mass is 689 g/mol. The molecule has 0 aliphatic carbocycles. The van der Waals surface area contributed by atoms with E-state index >= 15 is 0 Å². The molecule has 254 valence electrons. The van der Waals surface area contributed by atoms with Gasteiger partial charge in [0.1, 0.15) is 11.2 Å². The van der Waals surface area contributed by atoms with Crippen LogP contribution in [0, 0.1) is 0 Å². The van der Waals surface area contributed by atoms with Gasteiger partial charge in [0.25, 0.3) is 0 Å². The van der Waals surface area contributed by atoms with Gasteiger partial charge >= 0.3 is 0 Å². The molecule has 0 aliphatic rings. The van der Waals surface area contributed by atoms with Crippen LogP contribution < -0.4 is 4.90 Å². The van der Waals surface area contributed by atoms with Gasteiger partial charge in [-0.05, 0) is 110 Å². The van der Waals surface area contributed by atoms with Gasteiger partial charge in [-0.15, -0.1) is 0 Å². The fourth-order valence-electron chi connectivity index (χ4n) is 7.74. The predicted octanol–water partition coefficient (Wildman–Crippen LogP) is 14.9.